The summed E-state index contributed by atoms with van der Waals surface area (Å²) < 4.78 is 0. The monoisotopic (exact) mass is 425 g/mol. The quantitative estimate of drug-likeness (QED) is 0.774. The number of carbonyl (C=O) groups excluding carboxylic acids is 1. The van der Waals surface area contributed by atoms with E-state index in [4.69, 9.17) is 4.98 Å². The third kappa shape index (κ3) is 5.04. The molecule has 0 aliphatic carbocycles. The molecule has 2 aromatic heterocycles. The molecule has 0 spiro atoms. The van der Waals surface area contributed by atoms with Crippen LogP contribution in [0.1, 0.15) is 38.5 Å². The van der Waals surface area contributed by atoms with E-state index in [9.17, 15) is 9.90 Å². The summed E-state index contributed by atoms with van der Waals surface area (Å²) in [6.07, 6.45) is 8.42. The highest BCUT2D eigenvalue weighted by Gasteiger charge is 2.21. The second-order valence-corrected chi connectivity index (χ2v) is 8.33. The van der Waals surface area contributed by atoms with Crippen molar-refractivity contribution in [1.82, 2.24) is 15.0 Å². The van der Waals surface area contributed by atoms with E-state index in [1.807, 2.05) is 25.4 Å². The molecule has 4 rings (SSSR count). The van der Waals surface area contributed by atoms with Crippen LogP contribution in [0.4, 0.5) is 29.0 Å². The molecule has 31 heavy (non-hydrogen) atoms. The van der Waals surface area contributed by atoms with Crippen molar-refractivity contribution in [1.29, 1.82) is 0 Å². The maximum Gasteiger partial charge on any atom is 0.230 e. The summed E-state index contributed by atoms with van der Waals surface area (Å²) in [4.78, 5) is 32.1. The van der Waals surface area contributed by atoms with E-state index < -0.39 is 0 Å². The Morgan fingerprint density at radius 3 is 2.58 bits per heavy atom. The molecule has 1 amide bonds. The Balaban J connectivity index is 1.51. The van der Waals surface area contributed by atoms with Gasteiger partial charge in [-0.3, -0.25) is 4.79 Å². The third-order valence-corrected chi connectivity index (χ3v) is 6.05. The summed E-state index contributed by atoms with van der Waals surface area (Å²) >= 11 is 0. The number of carbonyl (C=O) groups is 1. The lowest BCUT2D eigenvalue weighted by Crippen LogP contribution is -2.35. The summed E-state index contributed by atoms with van der Waals surface area (Å²) in [5, 5.41) is 12.9. The second kappa shape index (κ2) is 9.47. The van der Waals surface area contributed by atoms with Crippen molar-refractivity contribution in [2.75, 3.05) is 53.7 Å². The van der Waals surface area contributed by atoms with Crippen molar-refractivity contribution < 1.29 is 9.90 Å². The van der Waals surface area contributed by atoms with Gasteiger partial charge in [0.2, 0.25) is 11.9 Å². The van der Waals surface area contributed by atoms with Crippen LogP contribution < -0.4 is 20.0 Å². The fraction of sp³-hybridized carbons (Fsp3) is 0.545. The van der Waals surface area contributed by atoms with E-state index in [1.54, 1.807) is 18.1 Å². The lowest BCUT2D eigenvalue weighted by molar-refractivity contribution is -0.118. The molecule has 9 nitrogen and oxygen atoms in total. The second-order valence-electron chi connectivity index (χ2n) is 8.33. The van der Waals surface area contributed by atoms with E-state index in [0.29, 0.717) is 18.2 Å². The number of aliphatic hydroxyl groups is 1. The maximum atomic E-state index is 12.5. The van der Waals surface area contributed by atoms with E-state index in [0.717, 1.165) is 68.9 Å². The van der Waals surface area contributed by atoms with Crippen LogP contribution in [0.3, 0.4) is 0 Å². The van der Waals surface area contributed by atoms with Gasteiger partial charge < -0.3 is 25.1 Å². The zero-order valence-corrected chi connectivity index (χ0v) is 18.3. The van der Waals surface area contributed by atoms with Crippen LogP contribution >= 0.6 is 0 Å². The maximum absolute atomic E-state index is 12.5. The van der Waals surface area contributed by atoms with Crippen LogP contribution in [0.25, 0.3) is 0 Å². The summed E-state index contributed by atoms with van der Waals surface area (Å²) in [6, 6.07) is 3.93. The fourth-order valence-corrected chi connectivity index (χ4v) is 4.04. The molecule has 0 atom stereocenters. The lowest BCUT2D eigenvalue weighted by atomic mass is 10.1. The highest BCUT2D eigenvalue weighted by molar-refractivity contribution is 5.95. The molecule has 0 aromatic carbocycles. The Morgan fingerprint density at radius 2 is 1.84 bits per heavy atom. The molecule has 4 heterocycles. The number of fused-ring (bicyclic) bond motifs is 1. The molecular weight excluding hydrogens is 394 g/mol. The minimum absolute atomic E-state index is 0.0864. The van der Waals surface area contributed by atoms with Crippen LogP contribution in [0.5, 0.6) is 0 Å². The van der Waals surface area contributed by atoms with Gasteiger partial charge in [0.05, 0.1) is 24.2 Å². The van der Waals surface area contributed by atoms with Gasteiger partial charge in [-0.05, 0) is 37.8 Å². The van der Waals surface area contributed by atoms with Crippen LogP contribution in [0.15, 0.2) is 24.5 Å². The number of hydrogen-bond donors (Lipinski definition) is 2. The largest absolute Gasteiger partial charge is 0.393 e. The first-order valence-electron chi connectivity index (χ1n) is 11.0. The minimum Gasteiger partial charge on any atom is -0.393 e. The number of hydrogen-bond acceptors (Lipinski definition) is 8. The van der Waals surface area contributed by atoms with Gasteiger partial charge in [-0.1, -0.05) is 6.42 Å². The normalized spacial score (nSPS) is 18.7. The molecule has 2 aliphatic rings. The van der Waals surface area contributed by atoms with Gasteiger partial charge in [-0.15, -0.1) is 0 Å². The Bertz CT molecular complexity index is 897. The summed E-state index contributed by atoms with van der Waals surface area (Å²) in [7, 11) is 3.78. The van der Waals surface area contributed by atoms with E-state index in [2.05, 4.69) is 25.1 Å². The Labute approximate surface area is 183 Å². The van der Waals surface area contributed by atoms with Crippen molar-refractivity contribution in [3.8, 4) is 0 Å². The Morgan fingerprint density at radius 1 is 1.03 bits per heavy atom. The SMILES string of the molecule is CN1CCCCCC(=O)N(C)c2cnc(Nc3ccc(N4CCC(O)CC4)cn3)nc21. The summed E-state index contributed by atoms with van der Waals surface area (Å²) in [5.41, 5.74) is 1.76. The molecule has 0 saturated carbocycles. The number of rotatable bonds is 3. The fourth-order valence-electron chi connectivity index (χ4n) is 4.04. The number of piperidine rings is 1. The number of nitrogens with zero attached hydrogens (tertiary/aromatic N) is 6. The first kappa shape index (κ1) is 21.3. The van der Waals surface area contributed by atoms with Gasteiger partial charge in [-0.2, -0.15) is 4.98 Å². The topological polar surface area (TPSA) is 97.7 Å². The number of amides is 1. The van der Waals surface area contributed by atoms with E-state index >= 15 is 0 Å². The Kier molecular flexibility index (Phi) is 6.50. The van der Waals surface area contributed by atoms with Crippen molar-refractivity contribution in [2.24, 2.45) is 0 Å². The van der Waals surface area contributed by atoms with Crippen molar-refractivity contribution in [2.45, 2.75) is 44.6 Å². The van der Waals surface area contributed by atoms with Gasteiger partial charge in [0.25, 0.3) is 0 Å². The van der Waals surface area contributed by atoms with Crippen LogP contribution in [0, 0.1) is 0 Å². The molecule has 1 fully saturated rings. The number of aromatic nitrogens is 3. The van der Waals surface area contributed by atoms with Gasteiger partial charge in [-0.25, -0.2) is 9.97 Å². The van der Waals surface area contributed by atoms with Crippen molar-refractivity contribution >= 4 is 34.9 Å². The average molecular weight is 426 g/mol. The number of aliphatic hydroxyl groups excluding tert-OH is 1. The minimum atomic E-state index is -0.194. The van der Waals surface area contributed by atoms with E-state index in [-0.39, 0.29) is 12.0 Å². The molecule has 0 unspecified atom stereocenters. The molecule has 0 radical (unpaired) electrons. The van der Waals surface area contributed by atoms with Gasteiger partial charge >= 0.3 is 0 Å². The molecule has 9 heteroatoms. The van der Waals surface area contributed by atoms with Crippen LogP contribution in [0.2, 0.25) is 0 Å². The predicted octanol–water partition coefficient (Wildman–Crippen LogP) is 2.55. The number of nitrogens with one attached hydrogen (secondary N) is 1. The van der Waals surface area contributed by atoms with Crippen LogP contribution in [-0.2, 0) is 4.79 Å². The third-order valence-electron chi connectivity index (χ3n) is 6.05. The zero-order chi connectivity index (χ0) is 21.8. The Hall–Kier alpha value is -2.94. The van der Waals surface area contributed by atoms with Crippen molar-refractivity contribution in [3.05, 3.63) is 24.5 Å². The standard InChI is InChI=1S/C22H31N7O2/c1-27-11-5-3-4-6-20(31)28(2)18-15-24-22(26-21(18)27)25-19-8-7-16(14-23-19)29-12-9-17(30)10-13-29/h7-8,14-15,17,30H,3-6,9-13H2,1-2H3,(H,23,24,25,26). The molecule has 2 aromatic rings. The van der Waals surface area contributed by atoms with Crippen molar-refractivity contribution in [3.63, 3.8) is 0 Å². The molecule has 1 saturated heterocycles. The summed E-state index contributed by atoms with van der Waals surface area (Å²) in [5.74, 6) is 1.93. The zero-order valence-electron chi connectivity index (χ0n) is 18.3. The average Bonchev–Trinajstić information content (AvgIpc) is 2.78. The van der Waals surface area contributed by atoms with Gasteiger partial charge in [0, 0.05) is 40.2 Å². The van der Waals surface area contributed by atoms with Crippen LogP contribution in [-0.4, -0.2) is 65.8 Å². The first-order chi connectivity index (χ1) is 15.0. The molecule has 2 aliphatic heterocycles. The highest BCUT2D eigenvalue weighted by Crippen LogP contribution is 2.29. The summed E-state index contributed by atoms with van der Waals surface area (Å²) in [6.45, 7) is 2.55. The lowest BCUT2D eigenvalue weighted by Gasteiger charge is -2.31. The number of pyridine rings is 1. The smallest absolute Gasteiger partial charge is 0.230 e. The van der Waals surface area contributed by atoms with E-state index in [1.165, 1.54) is 0 Å². The molecular formula is C22H31N7O2. The first-order valence-corrected chi connectivity index (χ1v) is 11.0. The predicted molar refractivity (Wildman–Crippen MR) is 122 cm³/mol. The van der Waals surface area contributed by atoms with Gasteiger partial charge in [0.1, 0.15) is 11.5 Å². The molecule has 2 N–H and O–H groups in total. The van der Waals surface area contributed by atoms with Gasteiger partial charge in [0.15, 0.2) is 5.82 Å². The molecule has 166 valence electrons. The highest BCUT2D eigenvalue weighted by atomic mass is 16.3. The number of anilines is 5. The molecule has 0 bridgehead atoms.